The Morgan fingerprint density at radius 2 is 2.00 bits per heavy atom. The Morgan fingerprint density at radius 1 is 1.27 bits per heavy atom. The summed E-state index contributed by atoms with van der Waals surface area (Å²) in [5.41, 5.74) is 1.65. The first-order chi connectivity index (χ1) is 10.7. The van der Waals surface area contributed by atoms with Gasteiger partial charge in [-0.25, -0.2) is 0 Å². The predicted octanol–water partition coefficient (Wildman–Crippen LogP) is 2.25. The molecule has 1 aromatic carbocycles. The van der Waals surface area contributed by atoms with Gasteiger partial charge in [0.05, 0.1) is 19.1 Å². The van der Waals surface area contributed by atoms with Crippen molar-refractivity contribution in [3.8, 4) is 0 Å². The summed E-state index contributed by atoms with van der Waals surface area (Å²) in [5, 5.41) is 0. The van der Waals surface area contributed by atoms with Crippen molar-refractivity contribution < 1.29 is 19.1 Å². The molecule has 0 radical (unpaired) electrons. The van der Waals surface area contributed by atoms with Gasteiger partial charge in [0.15, 0.2) is 0 Å². The highest BCUT2D eigenvalue weighted by Crippen LogP contribution is 2.20. The Kier molecular flexibility index (Phi) is 5.95. The summed E-state index contributed by atoms with van der Waals surface area (Å²) in [6.45, 7) is 3.90. The molecule has 5 nitrogen and oxygen atoms in total. The third kappa shape index (κ3) is 4.07. The molecule has 0 N–H and O–H groups in total. The van der Waals surface area contributed by atoms with Gasteiger partial charge in [0.25, 0.3) is 5.91 Å². The van der Waals surface area contributed by atoms with Crippen molar-refractivity contribution in [3.05, 3.63) is 35.4 Å². The van der Waals surface area contributed by atoms with Crippen molar-refractivity contribution >= 4 is 11.9 Å². The zero-order chi connectivity index (χ0) is 15.9. The van der Waals surface area contributed by atoms with Crippen LogP contribution in [0.3, 0.4) is 0 Å². The quantitative estimate of drug-likeness (QED) is 0.783. The van der Waals surface area contributed by atoms with Crippen molar-refractivity contribution in [2.75, 3.05) is 26.8 Å². The number of likely N-dealkylation sites (tertiary alicyclic amines) is 1. The first-order valence-corrected chi connectivity index (χ1v) is 7.69. The summed E-state index contributed by atoms with van der Waals surface area (Å²) >= 11 is 0. The molecule has 0 bridgehead atoms. The van der Waals surface area contributed by atoms with E-state index in [0.717, 1.165) is 5.56 Å². The maximum Gasteiger partial charge on any atom is 0.309 e. The van der Waals surface area contributed by atoms with Gasteiger partial charge in [0.2, 0.25) is 0 Å². The average Bonchev–Trinajstić information content (AvgIpc) is 2.55. The number of hydrogen-bond donors (Lipinski definition) is 0. The summed E-state index contributed by atoms with van der Waals surface area (Å²) in [6.07, 6.45) is 1.34. The number of hydrogen-bond acceptors (Lipinski definition) is 4. The van der Waals surface area contributed by atoms with Crippen molar-refractivity contribution in [1.82, 2.24) is 4.90 Å². The third-order valence-corrected chi connectivity index (χ3v) is 3.89. The molecule has 2 rings (SSSR count). The van der Waals surface area contributed by atoms with Crippen LogP contribution in [0.4, 0.5) is 0 Å². The predicted molar refractivity (Wildman–Crippen MR) is 82.4 cm³/mol. The summed E-state index contributed by atoms with van der Waals surface area (Å²) in [6, 6.07) is 7.49. The molecule has 1 aliphatic heterocycles. The molecule has 1 amide bonds. The summed E-state index contributed by atoms with van der Waals surface area (Å²) < 4.78 is 10.1. The highest BCUT2D eigenvalue weighted by Gasteiger charge is 2.28. The minimum Gasteiger partial charge on any atom is -0.466 e. The van der Waals surface area contributed by atoms with E-state index in [1.165, 1.54) is 0 Å². The van der Waals surface area contributed by atoms with E-state index >= 15 is 0 Å². The number of carbonyl (C=O) groups is 2. The summed E-state index contributed by atoms with van der Waals surface area (Å²) in [7, 11) is 1.63. The molecule has 5 heteroatoms. The van der Waals surface area contributed by atoms with E-state index in [-0.39, 0.29) is 17.8 Å². The summed E-state index contributed by atoms with van der Waals surface area (Å²) in [5.74, 6) is -0.208. The highest BCUT2D eigenvalue weighted by molar-refractivity contribution is 5.94. The normalized spacial score (nSPS) is 15.6. The third-order valence-electron chi connectivity index (χ3n) is 3.89. The zero-order valence-electron chi connectivity index (χ0n) is 13.2. The van der Waals surface area contributed by atoms with Gasteiger partial charge in [-0.15, -0.1) is 0 Å². The molecule has 22 heavy (non-hydrogen) atoms. The van der Waals surface area contributed by atoms with Crippen LogP contribution in [0.5, 0.6) is 0 Å². The molecule has 1 saturated heterocycles. The fraction of sp³-hybridized carbons (Fsp3) is 0.529. The summed E-state index contributed by atoms with van der Waals surface area (Å²) in [4.78, 5) is 26.1. The molecule has 1 heterocycles. The van der Waals surface area contributed by atoms with Crippen molar-refractivity contribution in [2.45, 2.75) is 26.4 Å². The number of esters is 1. The molecule has 0 atom stereocenters. The number of amides is 1. The molecule has 0 aliphatic carbocycles. The number of carbonyl (C=O) groups excluding carboxylic acids is 2. The van der Waals surface area contributed by atoms with Gasteiger partial charge < -0.3 is 14.4 Å². The lowest BCUT2D eigenvalue weighted by Crippen LogP contribution is -2.40. The fourth-order valence-corrected chi connectivity index (χ4v) is 2.72. The van der Waals surface area contributed by atoms with Crippen LogP contribution < -0.4 is 0 Å². The van der Waals surface area contributed by atoms with E-state index in [9.17, 15) is 9.59 Å². The van der Waals surface area contributed by atoms with Gasteiger partial charge in [0, 0.05) is 25.8 Å². The monoisotopic (exact) mass is 305 g/mol. The molecule has 0 saturated carbocycles. The molecule has 1 fully saturated rings. The smallest absolute Gasteiger partial charge is 0.309 e. The number of piperidine rings is 1. The fourth-order valence-electron chi connectivity index (χ4n) is 2.72. The Labute approximate surface area is 131 Å². The lowest BCUT2D eigenvalue weighted by atomic mass is 9.96. The lowest BCUT2D eigenvalue weighted by Gasteiger charge is -2.31. The van der Waals surface area contributed by atoms with Gasteiger partial charge in [-0.3, -0.25) is 9.59 Å². The van der Waals surface area contributed by atoms with Gasteiger partial charge in [-0.05, 0) is 37.5 Å². The lowest BCUT2D eigenvalue weighted by molar-refractivity contribution is -0.149. The molecule has 0 spiro atoms. The van der Waals surface area contributed by atoms with Gasteiger partial charge in [-0.2, -0.15) is 0 Å². The zero-order valence-corrected chi connectivity index (χ0v) is 13.2. The highest BCUT2D eigenvalue weighted by atomic mass is 16.5. The van der Waals surface area contributed by atoms with Crippen molar-refractivity contribution in [1.29, 1.82) is 0 Å². The van der Waals surface area contributed by atoms with Crippen LogP contribution in [0.25, 0.3) is 0 Å². The number of benzene rings is 1. The minimum absolute atomic E-state index is 0.0141. The molecule has 0 aromatic heterocycles. The first kappa shape index (κ1) is 16.5. The second-order valence-corrected chi connectivity index (χ2v) is 5.45. The molecular formula is C17H23NO4. The molecular weight excluding hydrogens is 282 g/mol. The Balaban J connectivity index is 1.95. The van der Waals surface area contributed by atoms with E-state index in [1.54, 1.807) is 7.11 Å². The second-order valence-electron chi connectivity index (χ2n) is 5.45. The van der Waals surface area contributed by atoms with E-state index in [0.29, 0.717) is 44.7 Å². The SMILES string of the molecule is CCOC(=O)C1CCN(C(=O)c2cccc(COC)c2)CC1. The van der Waals surface area contributed by atoms with Gasteiger partial charge in [-0.1, -0.05) is 12.1 Å². The van der Waals surface area contributed by atoms with Crippen molar-refractivity contribution in [3.63, 3.8) is 0 Å². The van der Waals surface area contributed by atoms with E-state index in [1.807, 2.05) is 36.1 Å². The van der Waals surface area contributed by atoms with Crippen LogP contribution in [0.1, 0.15) is 35.7 Å². The maximum atomic E-state index is 12.5. The standard InChI is InChI=1S/C17H23NO4/c1-3-22-17(20)14-7-9-18(10-8-14)16(19)15-6-4-5-13(11-15)12-21-2/h4-6,11,14H,3,7-10,12H2,1-2H3. The Morgan fingerprint density at radius 3 is 2.64 bits per heavy atom. The van der Waals surface area contributed by atoms with Crippen LogP contribution >= 0.6 is 0 Å². The number of nitrogens with zero attached hydrogens (tertiary/aromatic N) is 1. The van der Waals surface area contributed by atoms with E-state index < -0.39 is 0 Å². The molecule has 0 unspecified atom stereocenters. The largest absolute Gasteiger partial charge is 0.466 e. The van der Waals surface area contributed by atoms with Crippen LogP contribution in [-0.2, 0) is 20.9 Å². The molecule has 120 valence electrons. The van der Waals surface area contributed by atoms with E-state index in [4.69, 9.17) is 9.47 Å². The van der Waals surface area contributed by atoms with Crippen LogP contribution in [0.2, 0.25) is 0 Å². The second kappa shape index (κ2) is 7.94. The number of rotatable bonds is 5. The van der Waals surface area contributed by atoms with Crippen LogP contribution in [0.15, 0.2) is 24.3 Å². The molecule has 1 aromatic rings. The van der Waals surface area contributed by atoms with Crippen LogP contribution in [-0.4, -0.2) is 43.6 Å². The Bertz CT molecular complexity index is 521. The first-order valence-electron chi connectivity index (χ1n) is 7.69. The van der Waals surface area contributed by atoms with Crippen molar-refractivity contribution in [2.24, 2.45) is 5.92 Å². The van der Waals surface area contributed by atoms with Gasteiger partial charge in [0.1, 0.15) is 0 Å². The maximum absolute atomic E-state index is 12.5. The minimum atomic E-state index is -0.142. The van der Waals surface area contributed by atoms with E-state index in [2.05, 4.69) is 0 Å². The number of ether oxygens (including phenoxy) is 2. The average molecular weight is 305 g/mol. The molecule has 1 aliphatic rings. The van der Waals surface area contributed by atoms with Crippen LogP contribution in [0, 0.1) is 5.92 Å². The topological polar surface area (TPSA) is 55.8 Å². The number of methoxy groups -OCH3 is 1. The van der Waals surface area contributed by atoms with Gasteiger partial charge >= 0.3 is 5.97 Å². The Hall–Kier alpha value is -1.88.